The average molecular weight is 371 g/mol. The number of Topliss-reactive ketones (excluding diaryl/α,β-unsaturated/α-hetero) is 1. The number of rotatable bonds is 7. The van der Waals surface area contributed by atoms with E-state index in [2.05, 4.69) is 0 Å². The van der Waals surface area contributed by atoms with E-state index in [9.17, 15) is 19.7 Å². The van der Waals surface area contributed by atoms with E-state index in [-0.39, 0.29) is 44.3 Å². The summed E-state index contributed by atoms with van der Waals surface area (Å²) in [6, 6.07) is 11.4. The largest absolute Gasteiger partial charge is 0.467 e. The molecule has 0 aromatic heterocycles. The van der Waals surface area contributed by atoms with Gasteiger partial charge in [-0.3, -0.25) is 19.7 Å². The molecule has 140 valence electrons. The molecular formula is C19H17NO7. The van der Waals surface area contributed by atoms with Gasteiger partial charge in [-0.2, -0.15) is 0 Å². The number of hydrogen-bond acceptors (Lipinski definition) is 7. The van der Waals surface area contributed by atoms with Crippen molar-refractivity contribution in [1.82, 2.24) is 0 Å². The number of non-ortho nitro benzene ring substituents is 1. The van der Waals surface area contributed by atoms with Gasteiger partial charge in [-0.05, 0) is 0 Å². The number of ether oxygens (including phenoxy) is 3. The van der Waals surface area contributed by atoms with E-state index in [4.69, 9.17) is 14.2 Å². The van der Waals surface area contributed by atoms with Gasteiger partial charge in [-0.15, -0.1) is 0 Å². The summed E-state index contributed by atoms with van der Waals surface area (Å²) < 4.78 is 15.7. The van der Waals surface area contributed by atoms with Gasteiger partial charge < -0.3 is 14.2 Å². The first-order chi connectivity index (χ1) is 13.0. The Labute approximate surface area is 154 Å². The molecule has 0 amide bonds. The lowest BCUT2D eigenvalue weighted by Crippen LogP contribution is -2.15. The molecule has 0 aliphatic carbocycles. The molecule has 0 radical (unpaired) electrons. The van der Waals surface area contributed by atoms with Crippen LogP contribution in [0.25, 0.3) is 0 Å². The highest BCUT2D eigenvalue weighted by Gasteiger charge is 2.22. The Hall–Kier alpha value is -3.26. The van der Waals surface area contributed by atoms with Gasteiger partial charge in [0.15, 0.2) is 12.6 Å². The van der Waals surface area contributed by atoms with Crippen molar-refractivity contribution in [2.75, 3.05) is 6.79 Å². The van der Waals surface area contributed by atoms with Crippen LogP contribution in [0.1, 0.15) is 34.3 Å². The van der Waals surface area contributed by atoms with E-state index >= 15 is 0 Å². The lowest BCUT2D eigenvalue weighted by Gasteiger charge is -2.20. The van der Waals surface area contributed by atoms with Crippen LogP contribution in [-0.2, 0) is 27.5 Å². The fourth-order valence-corrected chi connectivity index (χ4v) is 2.71. The number of carbonyl (C=O) groups is 2. The fraction of sp³-hybridized carbons (Fsp3) is 0.263. The number of carbonyl (C=O) groups excluding carboxylic acids is 2. The average Bonchev–Trinajstić information content (AvgIpc) is 2.70. The second-order valence-electron chi connectivity index (χ2n) is 5.91. The molecule has 1 aliphatic heterocycles. The maximum atomic E-state index is 12.0. The van der Waals surface area contributed by atoms with Gasteiger partial charge in [0, 0.05) is 35.2 Å². The van der Waals surface area contributed by atoms with Crippen LogP contribution in [0.4, 0.5) is 5.69 Å². The molecule has 3 rings (SSSR count). The van der Waals surface area contributed by atoms with Gasteiger partial charge >= 0.3 is 5.97 Å². The summed E-state index contributed by atoms with van der Waals surface area (Å²) in [5, 5.41) is 11.1. The smallest absolute Gasteiger partial charge is 0.306 e. The van der Waals surface area contributed by atoms with Crippen molar-refractivity contribution in [2.24, 2.45) is 0 Å². The molecule has 1 aliphatic rings. The lowest BCUT2D eigenvalue weighted by atomic mass is 10.1. The molecule has 0 atom stereocenters. The second kappa shape index (κ2) is 8.41. The standard InChI is InChI=1S/C19H17NO7/c21-17(13-4-2-1-3-5-13)6-7-18(22)26-11-15-9-16(20(23)24)8-14-10-25-12-27-19(14)15/h1-5,8-9H,6-7,10-12H2. The van der Waals surface area contributed by atoms with Crippen molar-refractivity contribution in [1.29, 1.82) is 0 Å². The van der Waals surface area contributed by atoms with Crippen molar-refractivity contribution in [3.63, 3.8) is 0 Å². The first-order valence-electron chi connectivity index (χ1n) is 8.29. The third-order valence-corrected chi connectivity index (χ3v) is 4.02. The highest BCUT2D eigenvalue weighted by molar-refractivity contribution is 5.97. The molecule has 0 spiro atoms. The predicted molar refractivity (Wildman–Crippen MR) is 93.2 cm³/mol. The molecule has 2 aromatic rings. The first kappa shape index (κ1) is 18.5. The minimum Gasteiger partial charge on any atom is -0.467 e. The highest BCUT2D eigenvalue weighted by atomic mass is 16.7. The Morgan fingerprint density at radius 1 is 1.15 bits per heavy atom. The normalized spacial score (nSPS) is 12.6. The molecule has 1 heterocycles. The van der Waals surface area contributed by atoms with Gasteiger partial charge in [0.05, 0.1) is 18.0 Å². The lowest BCUT2D eigenvalue weighted by molar-refractivity contribution is -0.385. The SMILES string of the molecule is O=C(CCC(=O)c1ccccc1)OCc1cc([N+](=O)[O-])cc2c1OCOC2. The first-order valence-corrected chi connectivity index (χ1v) is 8.29. The number of esters is 1. The summed E-state index contributed by atoms with van der Waals surface area (Å²) >= 11 is 0. The molecular weight excluding hydrogens is 354 g/mol. The van der Waals surface area contributed by atoms with Crippen molar-refractivity contribution in [3.05, 3.63) is 69.3 Å². The maximum absolute atomic E-state index is 12.0. The summed E-state index contributed by atoms with van der Waals surface area (Å²) in [7, 11) is 0. The van der Waals surface area contributed by atoms with Gasteiger partial charge in [0.25, 0.3) is 5.69 Å². The number of nitro benzene ring substituents is 1. The molecule has 8 nitrogen and oxygen atoms in total. The van der Waals surface area contributed by atoms with E-state index in [1.54, 1.807) is 30.3 Å². The number of nitro groups is 1. The summed E-state index contributed by atoms with van der Waals surface area (Å²) in [6.45, 7) is 0.0310. The van der Waals surface area contributed by atoms with Crippen LogP contribution in [-0.4, -0.2) is 23.5 Å². The molecule has 0 saturated carbocycles. The molecule has 27 heavy (non-hydrogen) atoms. The highest BCUT2D eigenvalue weighted by Crippen LogP contribution is 2.33. The van der Waals surface area contributed by atoms with E-state index in [1.807, 2.05) is 0 Å². The quantitative estimate of drug-likeness (QED) is 0.318. The summed E-state index contributed by atoms with van der Waals surface area (Å²) in [5.41, 5.74) is 1.32. The zero-order valence-electron chi connectivity index (χ0n) is 14.4. The number of nitrogens with zero attached hydrogens (tertiary/aromatic N) is 1. The van der Waals surface area contributed by atoms with Gasteiger partial charge in [-0.1, -0.05) is 30.3 Å². The molecule has 8 heteroatoms. The molecule has 0 fully saturated rings. The Bertz CT molecular complexity index is 864. The Kier molecular flexibility index (Phi) is 5.77. The van der Waals surface area contributed by atoms with E-state index in [0.29, 0.717) is 22.4 Å². The van der Waals surface area contributed by atoms with Crippen LogP contribution in [0, 0.1) is 10.1 Å². The molecule has 0 saturated heterocycles. The van der Waals surface area contributed by atoms with Crippen molar-refractivity contribution in [3.8, 4) is 5.75 Å². The van der Waals surface area contributed by atoms with E-state index in [0.717, 1.165) is 0 Å². The monoisotopic (exact) mass is 371 g/mol. The van der Waals surface area contributed by atoms with Crippen LogP contribution in [0.5, 0.6) is 5.75 Å². The Morgan fingerprint density at radius 2 is 1.93 bits per heavy atom. The van der Waals surface area contributed by atoms with Crippen LogP contribution in [0.3, 0.4) is 0 Å². The Balaban J connectivity index is 1.61. The number of benzene rings is 2. The van der Waals surface area contributed by atoms with Crippen LogP contribution in [0.2, 0.25) is 0 Å². The second-order valence-corrected chi connectivity index (χ2v) is 5.91. The minimum atomic E-state index is -0.563. The van der Waals surface area contributed by atoms with E-state index in [1.165, 1.54) is 12.1 Å². The zero-order chi connectivity index (χ0) is 19.2. The van der Waals surface area contributed by atoms with Gasteiger partial charge in [0.1, 0.15) is 12.4 Å². The molecule has 2 aromatic carbocycles. The summed E-state index contributed by atoms with van der Waals surface area (Å²) in [5.74, 6) is -0.285. The minimum absolute atomic E-state index is 0.0251. The van der Waals surface area contributed by atoms with Crippen LogP contribution >= 0.6 is 0 Å². The Morgan fingerprint density at radius 3 is 2.67 bits per heavy atom. The van der Waals surface area contributed by atoms with Crippen molar-refractivity contribution >= 4 is 17.4 Å². The number of ketones is 1. The van der Waals surface area contributed by atoms with E-state index < -0.39 is 10.9 Å². The topological polar surface area (TPSA) is 105 Å². The summed E-state index contributed by atoms with van der Waals surface area (Å²) in [6.07, 6.45) is -0.0466. The predicted octanol–water partition coefficient (Wildman–Crippen LogP) is 3.17. The van der Waals surface area contributed by atoms with Crippen LogP contribution < -0.4 is 4.74 Å². The van der Waals surface area contributed by atoms with Gasteiger partial charge in [-0.25, -0.2) is 0 Å². The van der Waals surface area contributed by atoms with Crippen molar-refractivity contribution < 1.29 is 28.7 Å². The summed E-state index contributed by atoms with van der Waals surface area (Å²) in [4.78, 5) is 34.5. The third-order valence-electron chi connectivity index (χ3n) is 4.02. The zero-order valence-corrected chi connectivity index (χ0v) is 14.4. The molecule has 0 N–H and O–H groups in total. The van der Waals surface area contributed by atoms with Gasteiger partial charge in [0.2, 0.25) is 0 Å². The molecule has 0 bridgehead atoms. The molecule has 0 unspecified atom stereocenters. The maximum Gasteiger partial charge on any atom is 0.306 e. The number of hydrogen-bond donors (Lipinski definition) is 0. The number of fused-ring (bicyclic) bond motifs is 1. The van der Waals surface area contributed by atoms with Crippen molar-refractivity contribution in [2.45, 2.75) is 26.1 Å². The third kappa shape index (κ3) is 4.68. The fourth-order valence-electron chi connectivity index (χ4n) is 2.71. The van der Waals surface area contributed by atoms with Crippen LogP contribution in [0.15, 0.2) is 42.5 Å².